The highest BCUT2D eigenvalue weighted by molar-refractivity contribution is 7.80. The van der Waals surface area contributed by atoms with E-state index in [1.807, 2.05) is 0 Å². The summed E-state index contributed by atoms with van der Waals surface area (Å²) in [7, 11) is -3.51. The summed E-state index contributed by atoms with van der Waals surface area (Å²) in [4.78, 5) is 22.6. The van der Waals surface area contributed by atoms with E-state index in [-0.39, 0.29) is 12.8 Å². The van der Waals surface area contributed by atoms with E-state index in [0.29, 0.717) is 10.6 Å². The molecule has 0 aliphatic rings. The number of carboxylic acid groups (broad SMARTS) is 2. The van der Waals surface area contributed by atoms with E-state index in [1.165, 1.54) is 0 Å². The van der Waals surface area contributed by atoms with E-state index >= 15 is 0 Å². The van der Waals surface area contributed by atoms with Gasteiger partial charge in [-0.05, 0) is 6.42 Å². The van der Waals surface area contributed by atoms with Crippen molar-refractivity contribution in [3.63, 3.8) is 0 Å². The fourth-order valence-corrected chi connectivity index (χ4v) is 5.58. The predicted octanol–water partition coefficient (Wildman–Crippen LogP) is 2.32. The van der Waals surface area contributed by atoms with Crippen molar-refractivity contribution in [1.82, 2.24) is 0 Å². The maximum absolute atomic E-state index is 13.8. The third kappa shape index (κ3) is 3.69. The summed E-state index contributed by atoms with van der Waals surface area (Å²) in [5.74, 6) is -2.36. The molecular weight excluding hydrogens is 315 g/mol. The molecule has 2 aromatic carbocycles. The Balaban J connectivity index is 2.59. The van der Waals surface area contributed by atoms with Crippen LogP contribution in [0.25, 0.3) is 0 Å². The first-order chi connectivity index (χ1) is 11.0. The lowest BCUT2D eigenvalue weighted by Crippen LogP contribution is -2.32. The minimum absolute atomic E-state index is 0.189. The molecule has 23 heavy (non-hydrogen) atoms. The van der Waals surface area contributed by atoms with Crippen LogP contribution in [0.3, 0.4) is 0 Å². The molecule has 0 spiro atoms. The topological polar surface area (TPSA) is 91.7 Å². The number of carbonyl (C=O) groups is 2. The van der Waals surface area contributed by atoms with Crippen LogP contribution < -0.4 is 10.6 Å². The van der Waals surface area contributed by atoms with Gasteiger partial charge in [0.2, 0.25) is 0 Å². The number of hydrogen-bond acceptors (Lipinski definition) is 3. The highest BCUT2D eigenvalue weighted by atomic mass is 31.2. The lowest BCUT2D eigenvalue weighted by atomic mass is 10.2. The Bertz CT molecular complexity index is 684. The quantitative estimate of drug-likeness (QED) is 0.759. The van der Waals surface area contributed by atoms with E-state index in [2.05, 4.69) is 0 Å². The standard InChI is InChI=1S/C17H17O5P/c18-16(19)12-11-15(17(20)21)23(22,13-7-3-1-4-8-13)14-9-5-2-6-10-14/h1-10,15H,11-12H2,(H,18,19)(H,20,21)/t15-/m0/s1. The second-order valence-electron chi connectivity index (χ2n) is 5.12. The first kappa shape index (κ1) is 17.0. The van der Waals surface area contributed by atoms with Crippen LogP contribution in [0.1, 0.15) is 12.8 Å². The molecule has 0 aliphatic carbocycles. The molecule has 0 aliphatic heterocycles. The average Bonchev–Trinajstić information content (AvgIpc) is 2.55. The van der Waals surface area contributed by atoms with Crippen molar-refractivity contribution in [2.45, 2.75) is 18.5 Å². The van der Waals surface area contributed by atoms with Crippen molar-refractivity contribution in [2.75, 3.05) is 0 Å². The summed E-state index contributed by atoms with van der Waals surface area (Å²) in [6, 6.07) is 16.8. The zero-order chi connectivity index (χ0) is 16.9. The minimum Gasteiger partial charge on any atom is -0.481 e. The Hall–Kier alpha value is -2.39. The van der Waals surface area contributed by atoms with Crippen LogP contribution >= 0.6 is 7.14 Å². The summed E-state index contributed by atoms with van der Waals surface area (Å²) < 4.78 is 13.8. The minimum atomic E-state index is -3.51. The molecule has 2 rings (SSSR count). The zero-order valence-electron chi connectivity index (χ0n) is 12.3. The summed E-state index contributed by atoms with van der Waals surface area (Å²) in [5.41, 5.74) is -1.27. The normalized spacial score (nSPS) is 12.5. The second-order valence-corrected chi connectivity index (χ2v) is 8.09. The Morgan fingerprint density at radius 1 is 0.870 bits per heavy atom. The lowest BCUT2D eigenvalue weighted by Gasteiger charge is -2.25. The van der Waals surface area contributed by atoms with Crippen molar-refractivity contribution >= 4 is 29.7 Å². The molecule has 2 aromatic rings. The van der Waals surface area contributed by atoms with E-state index in [4.69, 9.17) is 5.11 Å². The molecule has 6 heteroatoms. The number of hydrogen-bond donors (Lipinski definition) is 2. The van der Waals surface area contributed by atoms with Gasteiger partial charge in [-0.1, -0.05) is 60.7 Å². The smallest absolute Gasteiger partial charge is 0.314 e. The summed E-state index contributed by atoms with van der Waals surface area (Å²) in [6.07, 6.45) is -0.535. The van der Waals surface area contributed by atoms with Crippen LogP contribution in [0.2, 0.25) is 0 Å². The largest absolute Gasteiger partial charge is 0.481 e. The van der Waals surface area contributed by atoms with Gasteiger partial charge < -0.3 is 14.8 Å². The van der Waals surface area contributed by atoms with Crippen molar-refractivity contribution in [3.05, 3.63) is 60.7 Å². The van der Waals surface area contributed by atoms with Crippen molar-refractivity contribution in [2.24, 2.45) is 0 Å². The first-order valence-corrected chi connectivity index (χ1v) is 8.89. The van der Waals surface area contributed by atoms with Crippen LogP contribution in [-0.2, 0) is 14.2 Å². The van der Waals surface area contributed by atoms with E-state index in [0.717, 1.165) is 0 Å². The number of rotatable bonds is 7. The molecule has 0 heterocycles. The molecule has 5 nitrogen and oxygen atoms in total. The first-order valence-electron chi connectivity index (χ1n) is 7.12. The van der Waals surface area contributed by atoms with Gasteiger partial charge >= 0.3 is 11.9 Å². The molecule has 0 radical (unpaired) electrons. The molecule has 0 unspecified atom stereocenters. The summed E-state index contributed by atoms with van der Waals surface area (Å²) >= 11 is 0. The molecule has 120 valence electrons. The van der Waals surface area contributed by atoms with Crippen molar-refractivity contribution < 1.29 is 24.4 Å². The molecule has 0 saturated heterocycles. The van der Waals surface area contributed by atoms with Crippen LogP contribution in [-0.4, -0.2) is 27.8 Å². The molecule has 0 amide bonds. The SMILES string of the molecule is O=C(O)CC[C@@H](C(=O)O)P(=O)(c1ccccc1)c1ccccc1. The Morgan fingerprint density at radius 3 is 1.65 bits per heavy atom. The van der Waals surface area contributed by atoms with Gasteiger partial charge in [0.05, 0.1) is 0 Å². The van der Waals surface area contributed by atoms with Crippen molar-refractivity contribution in [3.8, 4) is 0 Å². The number of aliphatic carboxylic acids is 2. The van der Waals surface area contributed by atoms with E-state index < -0.39 is 24.7 Å². The second kappa shape index (κ2) is 7.25. The molecule has 0 bridgehead atoms. The maximum Gasteiger partial charge on any atom is 0.314 e. The molecular formula is C17H17O5P. The molecule has 2 N–H and O–H groups in total. The van der Waals surface area contributed by atoms with Crippen LogP contribution in [0.15, 0.2) is 60.7 Å². The third-order valence-electron chi connectivity index (χ3n) is 3.64. The van der Waals surface area contributed by atoms with Gasteiger partial charge in [-0.3, -0.25) is 9.59 Å². The van der Waals surface area contributed by atoms with Gasteiger partial charge in [-0.2, -0.15) is 0 Å². The maximum atomic E-state index is 13.8. The molecule has 0 fully saturated rings. The Labute approximate surface area is 134 Å². The van der Waals surface area contributed by atoms with Gasteiger partial charge in [0.1, 0.15) is 5.66 Å². The summed E-state index contributed by atoms with van der Waals surface area (Å²) in [5, 5.41) is 19.3. The highest BCUT2D eigenvalue weighted by Gasteiger charge is 2.41. The monoisotopic (exact) mass is 332 g/mol. The molecule has 0 saturated carbocycles. The Morgan fingerprint density at radius 2 is 1.30 bits per heavy atom. The molecule has 0 aromatic heterocycles. The van der Waals surface area contributed by atoms with Gasteiger partial charge in [0, 0.05) is 17.0 Å². The van der Waals surface area contributed by atoms with Crippen LogP contribution in [0, 0.1) is 0 Å². The highest BCUT2D eigenvalue weighted by Crippen LogP contribution is 2.50. The van der Waals surface area contributed by atoms with Crippen LogP contribution in [0.4, 0.5) is 0 Å². The fourth-order valence-electron chi connectivity index (χ4n) is 2.53. The average molecular weight is 332 g/mol. The number of benzene rings is 2. The van der Waals surface area contributed by atoms with Gasteiger partial charge in [0.25, 0.3) is 0 Å². The van der Waals surface area contributed by atoms with Gasteiger partial charge in [-0.15, -0.1) is 0 Å². The Kier molecular flexibility index (Phi) is 5.35. The predicted molar refractivity (Wildman–Crippen MR) is 88.1 cm³/mol. The molecule has 1 atom stereocenters. The number of carboxylic acids is 2. The van der Waals surface area contributed by atoms with Crippen LogP contribution in [0.5, 0.6) is 0 Å². The third-order valence-corrected chi connectivity index (χ3v) is 7.12. The summed E-state index contributed by atoms with van der Waals surface area (Å²) in [6.45, 7) is 0. The van der Waals surface area contributed by atoms with Crippen molar-refractivity contribution in [1.29, 1.82) is 0 Å². The van der Waals surface area contributed by atoms with E-state index in [9.17, 15) is 19.3 Å². The lowest BCUT2D eigenvalue weighted by molar-refractivity contribution is -0.138. The van der Waals surface area contributed by atoms with Gasteiger partial charge in [-0.25, -0.2) is 0 Å². The van der Waals surface area contributed by atoms with Gasteiger partial charge in [0.15, 0.2) is 7.14 Å². The zero-order valence-corrected chi connectivity index (χ0v) is 13.2. The fraction of sp³-hybridized carbons (Fsp3) is 0.176. The van der Waals surface area contributed by atoms with E-state index in [1.54, 1.807) is 60.7 Å².